The van der Waals surface area contributed by atoms with E-state index in [-0.39, 0.29) is 11.8 Å². The molecule has 0 aliphatic rings. The molecule has 0 spiro atoms. The van der Waals surface area contributed by atoms with E-state index < -0.39 is 0 Å². The number of aryl methyl sites for hydroxylation is 1. The highest BCUT2D eigenvalue weighted by molar-refractivity contribution is 5.92. The first-order chi connectivity index (χ1) is 12.6. The molecule has 0 atom stereocenters. The Balaban J connectivity index is 1.71. The highest BCUT2D eigenvalue weighted by atomic mass is 16.1. The minimum atomic E-state index is -0.0287. The maximum atomic E-state index is 11.7. The lowest BCUT2D eigenvalue weighted by Crippen LogP contribution is -2.37. The molecule has 1 aromatic heterocycles. The van der Waals surface area contributed by atoms with E-state index in [1.165, 1.54) is 0 Å². The van der Waals surface area contributed by atoms with Crippen LogP contribution in [0.1, 0.15) is 25.8 Å². The van der Waals surface area contributed by atoms with Crippen molar-refractivity contribution in [3.8, 4) is 0 Å². The molecule has 0 aliphatic carbocycles. The van der Waals surface area contributed by atoms with Crippen LogP contribution in [0.5, 0.6) is 0 Å². The number of carbonyl (C=O) groups is 1. The molecule has 0 saturated heterocycles. The zero-order valence-corrected chi connectivity index (χ0v) is 15.7. The summed E-state index contributed by atoms with van der Waals surface area (Å²) < 4.78 is 1.91. The predicted octanol–water partition coefficient (Wildman–Crippen LogP) is 2.23. The van der Waals surface area contributed by atoms with E-state index in [0.717, 1.165) is 36.7 Å². The number of guanidine groups is 1. The summed E-state index contributed by atoms with van der Waals surface area (Å²) in [5, 5.41) is 13.6. The Bertz CT molecular complexity index is 691. The highest BCUT2D eigenvalue weighted by Crippen LogP contribution is 2.10. The van der Waals surface area contributed by atoms with Gasteiger partial charge in [-0.25, -0.2) is 0 Å². The molecule has 0 radical (unpaired) electrons. The number of hydrogen-bond acceptors (Lipinski definition) is 3. The minimum absolute atomic E-state index is 0.0237. The molecule has 2 rings (SSSR count). The van der Waals surface area contributed by atoms with Crippen molar-refractivity contribution >= 4 is 17.6 Å². The Kier molecular flexibility index (Phi) is 7.67. The normalized spacial score (nSPS) is 11.5. The molecule has 26 heavy (non-hydrogen) atoms. The van der Waals surface area contributed by atoms with Gasteiger partial charge in [-0.1, -0.05) is 26.0 Å². The van der Waals surface area contributed by atoms with Gasteiger partial charge in [-0.05, 0) is 30.2 Å². The average molecular weight is 356 g/mol. The van der Waals surface area contributed by atoms with Crippen LogP contribution in [0.25, 0.3) is 0 Å². The van der Waals surface area contributed by atoms with Crippen molar-refractivity contribution in [2.45, 2.75) is 33.4 Å². The number of hydrogen-bond donors (Lipinski definition) is 3. The van der Waals surface area contributed by atoms with Gasteiger partial charge in [0.05, 0.1) is 0 Å². The van der Waals surface area contributed by atoms with Gasteiger partial charge in [-0.15, -0.1) is 0 Å². The van der Waals surface area contributed by atoms with Crippen molar-refractivity contribution < 1.29 is 4.79 Å². The SMILES string of the molecule is CN=C(NCCCn1cccn1)NCc1ccc(NC(=O)C(C)C)cc1. The van der Waals surface area contributed by atoms with Crippen molar-refractivity contribution in [3.05, 3.63) is 48.3 Å². The van der Waals surface area contributed by atoms with Gasteiger partial charge in [-0.2, -0.15) is 5.10 Å². The zero-order chi connectivity index (χ0) is 18.8. The third-order valence-corrected chi connectivity index (χ3v) is 3.85. The second kappa shape index (κ2) is 10.2. The van der Waals surface area contributed by atoms with Crippen LogP contribution in [0, 0.1) is 5.92 Å². The first-order valence-corrected chi connectivity index (χ1v) is 8.90. The van der Waals surface area contributed by atoms with Gasteiger partial charge < -0.3 is 16.0 Å². The van der Waals surface area contributed by atoms with E-state index in [1.54, 1.807) is 13.2 Å². The lowest BCUT2D eigenvalue weighted by molar-refractivity contribution is -0.118. The minimum Gasteiger partial charge on any atom is -0.356 e. The number of benzene rings is 1. The molecule has 1 amide bonds. The second-order valence-corrected chi connectivity index (χ2v) is 6.32. The lowest BCUT2D eigenvalue weighted by Gasteiger charge is -2.13. The summed E-state index contributed by atoms with van der Waals surface area (Å²) in [7, 11) is 1.76. The molecule has 0 unspecified atom stereocenters. The zero-order valence-electron chi connectivity index (χ0n) is 15.7. The predicted molar refractivity (Wildman–Crippen MR) is 105 cm³/mol. The third kappa shape index (κ3) is 6.58. The molecular weight excluding hydrogens is 328 g/mol. The Morgan fingerprint density at radius 2 is 2.00 bits per heavy atom. The van der Waals surface area contributed by atoms with E-state index in [2.05, 4.69) is 26.0 Å². The van der Waals surface area contributed by atoms with E-state index in [1.807, 2.05) is 55.1 Å². The molecule has 0 fully saturated rings. The standard InChI is InChI=1S/C19H28N6O/c1-15(2)18(26)24-17-8-6-16(7-9-17)14-22-19(20-3)21-10-4-12-25-13-5-11-23-25/h5-9,11,13,15H,4,10,12,14H2,1-3H3,(H,24,26)(H2,20,21,22). The number of nitrogens with zero attached hydrogens (tertiary/aromatic N) is 3. The van der Waals surface area contributed by atoms with Gasteiger partial charge in [-0.3, -0.25) is 14.5 Å². The fraction of sp³-hybridized carbons (Fsp3) is 0.421. The molecule has 0 aliphatic heterocycles. The number of nitrogens with one attached hydrogen (secondary N) is 3. The van der Waals surface area contributed by atoms with Gasteiger partial charge in [0.2, 0.25) is 5.91 Å². The van der Waals surface area contributed by atoms with Gasteiger partial charge in [0, 0.05) is 50.7 Å². The lowest BCUT2D eigenvalue weighted by atomic mass is 10.1. The molecule has 0 saturated carbocycles. The quantitative estimate of drug-likeness (QED) is 0.385. The first-order valence-electron chi connectivity index (χ1n) is 8.90. The number of aromatic nitrogens is 2. The van der Waals surface area contributed by atoms with Crippen molar-refractivity contribution in [2.24, 2.45) is 10.9 Å². The topological polar surface area (TPSA) is 83.3 Å². The van der Waals surface area contributed by atoms with Crippen LogP contribution in [-0.2, 0) is 17.9 Å². The smallest absolute Gasteiger partial charge is 0.226 e. The van der Waals surface area contributed by atoms with Gasteiger partial charge in [0.25, 0.3) is 0 Å². The summed E-state index contributed by atoms with van der Waals surface area (Å²) in [6.07, 6.45) is 4.71. The number of carbonyl (C=O) groups excluding carboxylic acids is 1. The van der Waals surface area contributed by atoms with Crippen LogP contribution in [0.2, 0.25) is 0 Å². The molecule has 140 valence electrons. The van der Waals surface area contributed by atoms with Crippen molar-refractivity contribution in [1.82, 2.24) is 20.4 Å². The fourth-order valence-electron chi connectivity index (χ4n) is 2.28. The summed E-state index contributed by atoms with van der Waals surface area (Å²) in [6, 6.07) is 9.74. The van der Waals surface area contributed by atoms with Crippen molar-refractivity contribution in [3.63, 3.8) is 0 Å². The molecule has 2 aromatic rings. The Labute approximate surface area is 154 Å². The molecule has 7 heteroatoms. The fourth-order valence-corrected chi connectivity index (χ4v) is 2.28. The van der Waals surface area contributed by atoms with E-state index in [4.69, 9.17) is 0 Å². The van der Waals surface area contributed by atoms with E-state index in [0.29, 0.717) is 6.54 Å². The largest absolute Gasteiger partial charge is 0.356 e. The Morgan fingerprint density at radius 1 is 1.23 bits per heavy atom. The van der Waals surface area contributed by atoms with Gasteiger partial charge in [0.1, 0.15) is 0 Å². The average Bonchev–Trinajstić information content (AvgIpc) is 3.15. The summed E-state index contributed by atoms with van der Waals surface area (Å²) in [5.41, 5.74) is 1.93. The maximum Gasteiger partial charge on any atom is 0.226 e. The summed E-state index contributed by atoms with van der Waals surface area (Å²) in [5.74, 6) is 0.761. The van der Waals surface area contributed by atoms with E-state index in [9.17, 15) is 4.79 Å². The second-order valence-electron chi connectivity index (χ2n) is 6.32. The summed E-state index contributed by atoms with van der Waals surface area (Å²) in [4.78, 5) is 15.9. The van der Waals surface area contributed by atoms with Crippen LogP contribution >= 0.6 is 0 Å². The molecular formula is C19H28N6O. The van der Waals surface area contributed by atoms with E-state index >= 15 is 0 Å². The maximum absolute atomic E-state index is 11.7. The molecule has 1 heterocycles. The Hall–Kier alpha value is -2.83. The first kappa shape index (κ1) is 19.5. The molecule has 3 N–H and O–H groups in total. The van der Waals surface area contributed by atoms with Crippen molar-refractivity contribution in [1.29, 1.82) is 0 Å². The monoisotopic (exact) mass is 356 g/mol. The molecule has 7 nitrogen and oxygen atoms in total. The van der Waals surface area contributed by atoms with Crippen LogP contribution in [0.4, 0.5) is 5.69 Å². The van der Waals surface area contributed by atoms with Gasteiger partial charge in [0.15, 0.2) is 5.96 Å². The summed E-state index contributed by atoms with van der Waals surface area (Å²) >= 11 is 0. The molecule has 0 bridgehead atoms. The number of rotatable bonds is 8. The number of anilines is 1. The highest BCUT2D eigenvalue weighted by Gasteiger charge is 2.06. The van der Waals surface area contributed by atoms with Crippen LogP contribution in [0.3, 0.4) is 0 Å². The number of aliphatic imine (C=N–C) groups is 1. The Morgan fingerprint density at radius 3 is 2.62 bits per heavy atom. The third-order valence-electron chi connectivity index (χ3n) is 3.85. The van der Waals surface area contributed by atoms with Crippen LogP contribution in [0.15, 0.2) is 47.7 Å². The van der Waals surface area contributed by atoms with Crippen LogP contribution < -0.4 is 16.0 Å². The summed E-state index contributed by atoms with van der Waals surface area (Å²) in [6.45, 7) is 6.11. The van der Waals surface area contributed by atoms with Crippen molar-refractivity contribution in [2.75, 3.05) is 18.9 Å². The number of amides is 1. The van der Waals surface area contributed by atoms with Gasteiger partial charge >= 0.3 is 0 Å². The molecule has 1 aromatic carbocycles. The van der Waals surface area contributed by atoms with Crippen LogP contribution in [-0.4, -0.2) is 35.2 Å².